The van der Waals surface area contributed by atoms with Gasteiger partial charge < -0.3 is 14.2 Å². The number of hydrogen-bond donors (Lipinski definition) is 0. The number of ether oxygens (including phenoxy) is 3. The van der Waals surface area contributed by atoms with Gasteiger partial charge in [0.25, 0.3) is 0 Å². The maximum atomic E-state index is 12.8. The van der Waals surface area contributed by atoms with Crippen LogP contribution in [0.15, 0.2) is 97.2 Å². The fraction of sp³-hybridized carbons (Fsp3) is 0.678. The maximum absolute atomic E-state index is 12.8. The van der Waals surface area contributed by atoms with Gasteiger partial charge in [0.15, 0.2) is 6.10 Å². The highest BCUT2D eigenvalue weighted by molar-refractivity contribution is 5.71. The zero-order valence-corrected chi connectivity index (χ0v) is 42.2. The van der Waals surface area contributed by atoms with E-state index in [1.54, 1.807) is 0 Å². The molecule has 0 bridgehead atoms. The first kappa shape index (κ1) is 61.3. The number of carbonyl (C=O) groups is 3. The summed E-state index contributed by atoms with van der Waals surface area (Å²) in [5.74, 6) is -1.08. The van der Waals surface area contributed by atoms with Crippen molar-refractivity contribution in [3.63, 3.8) is 0 Å². The van der Waals surface area contributed by atoms with Crippen LogP contribution in [0.25, 0.3) is 0 Å². The molecule has 0 amide bonds. The third-order valence-corrected chi connectivity index (χ3v) is 11.1. The molecule has 1 atom stereocenters. The molecule has 6 heteroatoms. The van der Waals surface area contributed by atoms with Crippen LogP contribution in [0.4, 0.5) is 0 Å². The monoisotopic (exact) mass is 903 g/mol. The molecule has 0 aromatic rings. The molecule has 1 unspecified atom stereocenters. The average Bonchev–Trinajstić information content (AvgIpc) is 3.30. The molecule has 370 valence electrons. The Morgan fingerprint density at radius 2 is 0.631 bits per heavy atom. The van der Waals surface area contributed by atoms with Gasteiger partial charge in [-0.15, -0.1) is 0 Å². The third kappa shape index (κ3) is 51.2. The van der Waals surface area contributed by atoms with E-state index in [9.17, 15) is 14.4 Å². The van der Waals surface area contributed by atoms with Crippen LogP contribution in [0.2, 0.25) is 0 Å². The van der Waals surface area contributed by atoms with Crippen LogP contribution in [0, 0.1) is 0 Å². The van der Waals surface area contributed by atoms with Gasteiger partial charge in [0.2, 0.25) is 0 Å². The van der Waals surface area contributed by atoms with E-state index in [-0.39, 0.29) is 44.0 Å². The van der Waals surface area contributed by atoms with Crippen LogP contribution in [0.5, 0.6) is 0 Å². The van der Waals surface area contributed by atoms with Crippen molar-refractivity contribution < 1.29 is 28.6 Å². The fourth-order valence-electron chi connectivity index (χ4n) is 7.11. The van der Waals surface area contributed by atoms with Crippen LogP contribution < -0.4 is 0 Å². The molecule has 6 nitrogen and oxygen atoms in total. The van der Waals surface area contributed by atoms with Gasteiger partial charge in [0, 0.05) is 19.3 Å². The minimum atomic E-state index is -0.829. The van der Waals surface area contributed by atoms with Gasteiger partial charge in [-0.05, 0) is 77.0 Å². The summed E-state index contributed by atoms with van der Waals surface area (Å²) in [6.07, 6.45) is 69.9. The predicted octanol–water partition coefficient (Wildman–Crippen LogP) is 17.8. The molecule has 0 aromatic carbocycles. The topological polar surface area (TPSA) is 78.9 Å². The summed E-state index contributed by atoms with van der Waals surface area (Å²) in [6, 6.07) is 0. The Labute approximate surface area is 400 Å². The van der Waals surface area contributed by atoms with Gasteiger partial charge in [-0.1, -0.05) is 240 Å². The van der Waals surface area contributed by atoms with E-state index >= 15 is 0 Å². The smallest absolute Gasteiger partial charge is 0.306 e. The molecule has 0 fully saturated rings. The first-order chi connectivity index (χ1) is 32.0. The Kier molecular flexibility index (Phi) is 50.0. The van der Waals surface area contributed by atoms with E-state index in [4.69, 9.17) is 14.2 Å². The summed E-state index contributed by atoms with van der Waals surface area (Å²) in [7, 11) is 0. The van der Waals surface area contributed by atoms with Crippen LogP contribution in [-0.2, 0) is 28.6 Å². The second-order valence-electron chi connectivity index (χ2n) is 17.4. The lowest BCUT2D eigenvalue weighted by Gasteiger charge is -2.18. The molecular weight excluding hydrogens is 805 g/mol. The lowest BCUT2D eigenvalue weighted by molar-refractivity contribution is -0.166. The molecule has 0 aliphatic heterocycles. The van der Waals surface area contributed by atoms with Gasteiger partial charge in [-0.3, -0.25) is 14.4 Å². The highest BCUT2D eigenvalue weighted by Gasteiger charge is 2.19. The zero-order chi connectivity index (χ0) is 47.2. The van der Waals surface area contributed by atoms with Crippen molar-refractivity contribution in [3.05, 3.63) is 97.2 Å². The SMILES string of the molecule is CC/C=C\C/C=C\C/C=C\C/C=C\C/C=C\C/C=C\CCC(=O)OCC(COC(=O)CC/C=C\C/C=C\CCCCCCCC)OC(=O)CCCCCCCCCCCCCCCCC. The highest BCUT2D eigenvalue weighted by Crippen LogP contribution is 2.15. The van der Waals surface area contributed by atoms with Crippen LogP contribution in [-0.4, -0.2) is 37.2 Å². The van der Waals surface area contributed by atoms with E-state index in [1.165, 1.54) is 116 Å². The summed E-state index contributed by atoms with van der Waals surface area (Å²) in [4.78, 5) is 37.9. The normalized spacial score (nSPS) is 12.8. The Morgan fingerprint density at radius 1 is 0.323 bits per heavy atom. The summed E-state index contributed by atoms with van der Waals surface area (Å²) in [5, 5.41) is 0. The van der Waals surface area contributed by atoms with Gasteiger partial charge in [0.05, 0.1) is 0 Å². The van der Waals surface area contributed by atoms with Gasteiger partial charge in [-0.25, -0.2) is 0 Å². The molecule has 0 aliphatic carbocycles. The first-order valence-corrected chi connectivity index (χ1v) is 26.7. The maximum Gasteiger partial charge on any atom is 0.306 e. The summed E-state index contributed by atoms with van der Waals surface area (Å²) in [5.41, 5.74) is 0. The number of esters is 3. The lowest BCUT2D eigenvalue weighted by atomic mass is 10.0. The number of carbonyl (C=O) groups excluding carboxylic acids is 3. The van der Waals surface area contributed by atoms with Crippen molar-refractivity contribution in [2.75, 3.05) is 13.2 Å². The van der Waals surface area contributed by atoms with Gasteiger partial charge >= 0.3 is 17.9 Å². The average molecular weight is 903 g/mol. The van der Waals surface area contributed by atoms with Crippen LogP contribution >= 0.6 is 0 Å². The van der Waals surface area contributed by atoms with Crippen molar-refractivity contribution >= 4 is 17.9 Å². The second-order valence-corrected chi connectivity index (χ2v) is 17.4. The van der Waals surface area contributed by atoms with Gasteiger partial charge in [-0.2, -0.15) is 0 Å². The molecule has 0 rings (SSSR count). The van der Waals surface area contributed by atoms with E-state index in [1.807, 2.05) is 18.2 Å². The number of allylic oxidation sites excluding steroid dienone is 16. The molecule has 0 aliphatic rings. The standard InChI is InChI=1S/C59H98O6/c1-4-7-10-13-16-19-22-25-27-28-29-30-32-34-37-40-43-46-49-52-58(61)64-55-56(54-63-57(60)51-48-45-42-39-36-33-24-21-18-15-12-9-6-3)65-59(62)53-50-47-44-41-38-35-31-26-23-20-17-14-11-8-5-2/h7,10,16,19,25,27,29-30,33-34,36-37,42-43,45-46,56H,4-6,8-9,11-15,17-18,20-24,26,28,31-32,35,38-41,44,47-55H2,1-3H3/b10-7-,19-16-,27-25-,30-29-,36-33-,37-34-,45-42-,46-43-. The lowest BCUT2D eigenvalue weighted by Crippen LogP contribution is -2.30. The molecule has 0 saturated carbocycles. The third-order valence-electron chi connectivity index (χ3n) is 11.1. The minimum Gasteiger partial charge on any atom is -0.462 e. The van der Waals surface area contributed by atoms with Crippen LogP contribution in [0.3, 0.4) is 0 Å². The van der Waals surface area contributed by atoms with Gasteiger partial charge in [0.1, 0.15) is 13.2 Å². The Bertz CT molecular complexity index is 1310. The highest BCUT2D eigenvalue weighted by atomic mass is 16.6. The summed E-state index contributed by atoms with van der Waals surface area (Å²) >= 11 is 0. The van der Waals surface area contributed by atoms with Crippen molar-refractivity contribution in [1.29, 1.82) is 0 Å². The number of unbranched alkanes of at least 4 members (excludes halogenated alkanes) is 20. The van der Waals surface area contributed by atoms with E-state index in [0.29, 0.717) is 19.3 Å². The fourth-order valence-corrected chi connectivity index (χ4v) is 7.11. The van der Waals surface area contributed by atoms with Crippen molar-refractivity contribution in [3.8, 4) is 0 Å². The first-order valence-electron chi connectivity index (χ1n) is 26.7. The Balaban J connectivity index is 4.54. The van der Waals surface area contributed by atoms with E-state index < -0.39 is 6.10 Å². The predicted molar refractivity (Wildman–Crippen MR) is 279 cm³/mol. The minimum absolute atomic E-state index is 0.130. The molecule has 0 radical (unpaired) electrons. The van der Waals surface area contributed by atoms with Crippen molar-refractivity contribution in [1.82, 2.24) is 0 Å². The molecule has 0 aromatic heterocycles. The van der Waals surface area contributed by atoms with Crippen LogP contribution in [0.1, 0.15) is 239 Å². The molecular formula is C59H98O6. The largest absolute Gasteiger partial charge is 0.462 e. The Morgan fingerprint density at radius 3 is 1.00 bits per heavy atom. The molecule has 0 spiro atoms. The summed E-state index contributed by atoms with van der Waals surface area (Å²) < 4.78 is 16.7. The van der Waals surface area contributed by atoms with E-state index in [0.717, 1.165) is 70.6 Å². The molecule has 0 N–H and O–H groups in total. The quantitative estimate of drug-likeness (QED) is 0.0262. The molecule has 65 heavy (non-hydrogen) atoms. The van der Waals surface area contributed by atoms with E-state index in [2.05, 4.69) is 99.8 Å². The zero-order valence-electron chi connectivity index (χ0n) is 42.2. The molecule has 0 heterocycles. The molecule has 0 saturated heterocycles. The second kappa shape index (κ2) is 52.9. The summed E-state index contributed by atoms with van der Waals surface area (Å²) in [6.45, 7) is 6.40. The Hall–Kier alpha value is -3.67. The van der Waals surface area contributed by atoms with Crippen molar-refractivity contribution in [2.24, 2.45) is 0 Å². The number of rotatable bonds is 47. The number of hydrogen-bond acceptors (Lipinski definition) is 6. The van der Waals surface area contributed by atoms with Crippen molar-refractivity contribution in [2.45, 2.75) is 245 Å².